The van der Waals surface area contributed by atoms with Crippen molar-refractivity contribution in [3.63, 3.8) is 0 Å². The van der Waals surface area contributed by atoms with Gasteiger partial charge < -0.3 is 9.84 Å². The third-order valence-corrected chi connectivity index (χ3v) is 4.30. The highest BCUT2D eigenvalue weighted by Crippen LogP contribution is 2.37. The molecule has 5 nitrogen and oxygen atoms in total. The second kappa shape index (κ2) is 5.01. The zero-order valence-electron chi connectivity index (χ0n) is 10.3. The van der Waals surface area contributed by atoms with E-state index < -0.39 is 12.3 Å². The second-order valence-corrected chi connectivity index (χ2v) is 6.11. The van der Waals surface area contributed by atoms with Crippen molar-refractivity contribution in [2.75, 3.05) is 0 Å². The predicted octanol–water partition coefficient (Wildman–Crippen LogP) is 1.29. The van der Waals surface area contributed by atoms with Gasteiger partial charge in [0.25, 0.3) is 0 Å². The molecule has 0 amide bonds. The van der Waals surface area contributed by atoms with E-state index in [1.54, 1.807) is 6.92 Å². The van der Waals surface area contributed by atoms with E-state index in [-0.39, 0.29) is 18.0 Å². The molecule has 0 spiro atoms. The minimum absolute atomic E-state index is 0.309. The highest BCUT2D eigenvalue weighted by molar-refractivity contribution is 14.1. The Morgan fingerprint density at radius 1 is 1.37 bits per heavy atom. The smallest absolute Gasteiger partial charge is 0.326 e. The monoisotopic (exact) mass is 375 g/mol. The van der Waals surface area contributed by atoms with E-state index in [9.17, 15) is 9.90 Å². The Bertz CT molecular complexity index is 492. The van der Waals surface area contributed by atoms with Gasteiger partial charge in [-0.15, -0.1) is 0 Å². The van der Waals surface area contributed by atoms with Gasteiger partial charge in [0.2, 0.25) is 0 Å². The number of rotatable bonds is 2. The molecule has 3 rings (SSSR count). The van der Waals surface area contributed by atoms with Gasteiger partial charge in [0, 0.05) is 3.57 Å². The van der Waals surface area contributed by atoms with Crippen LogP contribution in [0.3, 0.4) is 0 Å². The van der Waals surface area contributed by atoms with Crippen LogP contribution in [0, 0.1) is 9.49 Å². The number of aliphatic hydroxyl groups is 1. The number of benzene rings is 1. The summed E-state index contributed by atoms with van der Waals surface area (Å²) in [5.41, 5.74) is 1.03. The summed E-state index contributed by atoms with van der Waals surface area (Å²) >= 11 is 2.24. The third-order valence-electron chi connectivity index (χ3n) is 3.58. The van der Waals surface area contributed by atoms with Gasteiger partial charge in [0.1, 0.15) is 12.1 Å². The first kappa shape index (κ1) is 13.3. The fourth-order valence-corrected chi connectivity index (χ4v) is 2.98. The Morgan fingerprint density at radius 2 is 2.05 bits per heavy atom. The molecule has 19 heavy (non-hydrogen) atoms. The molecule has 1 aromatic carbocycles. The topological polar surface area (TPSA) is 59.0 Å². The van der Waals surface area contributed by atoms with Crippen LogP contribution >= 0.6 is 22.6 Å². The lowest BCUT2D eigenvalue weighted by Crippen LogP contribution is -2.35. The van der Waals surface area contributed by atoms with Gasteiger partial charge in [-0.2, -0.15) is 5.06 Å². The van der Waals surface area contributed by atoms with E-state index in [0.717, 1.165) is 9.13 Å². The summed E-state index contributed by atoms with van der Waals surface area (Å²) in [6.45, 7) is 2.24. The summed E-state index contributed by atoms with van der Waals surface area (Å²) < 4.78 is 6.31. The van der Waals surface area contributed by atoms with Crippen LogP contribution in [0.15, 0.2) is 24.3 Å². The number of hydrogen-bond acceptors (Lipinski definition) is 5. The minimum Gasteiger partial charge on any atom is -0.461 e. The quantitative estimate of drug-likeness (QED) is 0.624. The molecule has 0 saturated carbocycles. The Morgan fingerprint density at radius 3 is 2.74 bits per heavy atom. The summed E-state index contributed by atoms with van der Waals surface area (Å²) in [6, 6.07) is 7.44. The Hall–Kier alpha value is -0.700. The molecule has 2 aliphatic rings. The molecular weight excluding hydrogens is 361 g/mol. The van der Waals surface area contributed by atoms with Crippen LogP contribution in [0.4, 0.5) is 0 Å². The zero-order chi connectivity index (χ0) is 13.6. The minimum atomic E-state index is -0.977. The van der Waals surface area contributed by atoms with Crippen molar-refractivity contribution in [2.24, 2.45) is 5.92 Å². The number of aliphatic hydroxyl groups excluding tert-OH is 1. The van der Waals surface area contributed by atoms with Gasteiger partial charge in [-0.1, -0.05) is 12.1 Å². The van der Waals surface area contributed by atoms with Crippen molar-refractivity contribution in [3.8, 4) is 0 Å². The number of hydroxylamine groups is 2. The average molecular weight is 375 g/mol. The number of cyclic esters (lactones) is 1. The molecule has 1 N–H and O–H groups in total. The molecule has 0 aromatic heterocycles. The van der Waals surface area contributed by atoms with Gasteiger partial charge in [0.05, 0.1) is 12.5 Å². The zero-order valence-corrected chi connectivity index (χ0v) is 12.5. The first-order valence-electron chi connectivity index (χ1n) is 6.12. The fraction of sp³-hybridized carbons (Fsp3) is 0.462. The van der Waals surface area contributed by atoms with Crippen molar-refractivity contribution in [3.05, 3.63) is 33.4 Å². The molecule has 2 saturated heterocycles. The third kappa shape index (κ3) is 2.37. The molecule has 1 unspecified atom stereocenters. The number of fused-ring (bicyclic) bond motifs is 1. The molecular formula is C13H14INO4. The number of nitrogens with zero attached hydrogens (tertiary/aromatic N) is 1. The van der Waals surface area contributed by atoms with Crippen molar-refractivity contribution in [1.29, 1.82) is 0 Å². The van der Waals surface area contributed by atoms with E-state index in [0.29, 0.717) is 6.54 Å². The van der Waals surface area contributed by atoms with Gasteiger partial charge >= 0.3 is 5.97 Å². The highest BCUT2D eigenvalue weighted by atomic mass is 127. The van der Waals surface area contributed by atoms with Crippen molar-refractivity contribution < 1.29 is 19.5 Å². The SMILES string of the molecule is C[C@@H]1OC(=O)[C@@H]2[C@H]1C(O)ON2Cc1ccc(I)cc1. The number of halogens is 1. The summed E-state index contributed by atoms with van der Waals surface area (Å²) in [6.07, 6.45) is -1.29. The van der Waals surface area contributed by atoms with Crippen LogP contribution in [-0.4, -0.2) is 34.6 Å². The number of esters is 1. The number of ether oxygens (including phenoxy) is 1. The number of carbonyl (C=O) groups is 1. The van der Waals surface area contributed by atoms with Gasteiger partial charge in [-0.25, -0.2) is 0 Å². The average Bonchev–Trinajstić information content (AvgIpc) is 2.83. The molecule has 6 heteroatoms. The summed E-state index contributed by atoms with van der Waals surface area (Å²) in [5, 5.41) is 11.4. The van der Waals surface area contributed by atoms with Crippen LogP contribution in [0.1, 0.15) is 12.5 Å². The van der Waals surface area contributed by atoms with Gasteiger partial charge in [0.15, 0.2) is 6.29 Å². The highest BCUT2D eigenvalue weighted by Gasteiger charge is 2.56. The molecule has 0 bridgehead atoms. The lowest BCUT2D eigenvalue weighted by atomic mass is 9.98. The number of hydrogen-bond donors (Lipinski definition) is 1. The Balaban J connectivity index is 1.78. The van der Waals surface area contributed by atoms with Crippen LogP contribution in [-0.2, 0) is 20.9 Å². The predicted molar refractivity (Wildman–Crippen MR) is 74.6 cm³/mol. The molecule has 102 valence electrons. The fourth-order valence-electron chi connectivity index (χ4n) is 2.62. The molecule has 0 radical (unpaired) electrons. The van der Waals surface area contributed by atoms with Crippen molar-refractivity contribution in [2.45, 2.75) is 31.9 Å². The Kier molecular flexibility index (Phi) is 3.50. The molecule has 2 aliphatic heterocycles. The first-order valence-corrected chi connectivity index (χ1v) is 7.20. The summed E-state index contributed by atoms with van der Waals surface area (Å²) in [7, 11) is 0. The van der Waals surface area contributed by atoms with Crippen LogP contribution in [0.5, 0.6) is 0 Å². The van der Waals surface area contributed by atoms with E-state index in [2.05, 4.69) is 22.6 Å². The first-order chi connectivity index (χ1) is 9.06. The lowest BCUT2D eigenvalue weighted by Gasteiger charge is -2.18. The molecule has 2 fully saturated rings. The van der Waals surface area contributed by atoms with E-state index >= 15 is 0 Å². The van der Waals surface area contributed by atoms with E-state index in [4.69, 9.17) is 9.57 Å². The molecule has 1 aromatic rings. The van der Waals surface area contributed by atoms with Crippen molar-refractivity contribution in [1.82, 2.24) is 5.06 Å². The van der Waals surface area contributed by atoms with Gasteiger partial charge in [-0.3, -0.25) is 9.63 Å². The maximum Gasteiger partial charge on any atom is 0.326 e. The summed E-state index contributed by atoms with van der Waals surface area (Å²) in [5.74, 6) is -0.629. The second-order valence-electron chi connectivity index (χ2n) is 4.86. The van der Waals surface area contributed by atoms with Crippen LogP contribution < -0.4 is 0 Å². The van der Waals surface area contributed by atoms with E-state index in [1.165, 1.54) is 5.06 Å². The summed E-state index contributed by atoms with van der Waals surface area (Å²) in [4.78, 5) is 17.2. The van der Waals surface area contributed by atoms with E-state index in [1.807, 2.05) is 24.3 Å². The standard InChI is InChI=1S/C13H14INO4/c1-7-10-11(13(17)18-7)15(19-12(10)16)6-8-2-4-9(14)5-3-8/h2-5,7,10-12,16H,6H2,1H3/t7-,10-,11-,12?/m0/s1. The lowest BCUT2D eigenvalue weighted by molar-refractivity contribution is -0.240. The van der Waals surface area contributed by atoms with Crippen molar-refractivity contribution >= 4 is 28.6 Å². The Labute approximate surface area is 124 Å². The molecule has 0 aliphatic carbocycles. The van der Waals surface area contributed by atoms with Crippen LogP contribution in [0.25, 0.3) is 0 Å². The van der Waals surface area contributed by atoms with Gasteiger partial charge in [-0.05, 0) is 47.2 Å². The number of carbonyl (C=O) groups excluding carboxylic acids is 1. The normalized spacial score (nSPS) is 34.4. The molecule has 4 atom stereocenters. The maximum absolute atomic E-state index is 11.8. The maximum atomic E-state index is 11.8. The molecule has 2 heterocycles. The largest absolute Gasteiger partial charge is 0.461 e. The van der Waals surface area contributed by atoms with Crippen LogP contribution in [0.2, 0.25) is 0 Å².